The normalized spacial score (nSPS) is 16.6. The number of carbonyl (C=O) groups excluding carboxylic acids is 2. The fourth-order valence-electron chi connectivity index (χ4n) is 4.21. The van der Waals surface area contributed by atoms with Crippen LogP contribution in [0.2, 0.25) is 0 Å². The Morgan fingerprint density at radius 2 is 1.77 bits per heavy atom. The minimum Gasteiger partial charge on any atom is -0.493 e. The number of hydrogen-bond donors (Lipinski definition) is 1. The third kappa shape index (κ3) is 6.76. The summed E-state index contributed by atoms with van der Waals surface area (Å²) in [6, 6.07) is 13.2. The first-order chi connectivity index (χ1) is 17.1. The summed E-state index contributed by atoms with van der Waals surface area (Å²) >= 11 is 1.22. The van der Waals surface area contributed by atoms with E-state index in [9.17, 15) is 9.59 Å². The predicted octanol–water partition coefficient (Wildman–Crippen LogP) is 4.59. The van der Waals surface area contributed by atoms with Gasteiger partial charge in [0.25, 0.3) is 0 Å². The summed E-state index contributed by atoms with van der Waals surface area (Å²) in [5.41, 5.74) is 3.37. The molecule has 0 aromatic heterocycles. The third-order valence-corrected chi connectivity index (χ3v) is 7.05. The largest absolute Gasteiger partial charge is 0.493 e. The molecule has 1 fully saturated rings. The summed E-state index contributed by atoms with van der Waals surface area (Å²) in [7, 11) is 3.19. The molecule has 0 bridgehead atoms. The van der Waals surface area contributed by atoms with Gasteiger partial charge in [0.2, 0.25) is 5.91 Å². The molecular weight excluding hydrogens is 464 g/mol. The highest BCUT2D eigenvalue weighted by Gasteiger charge is 2.23. The van der Waals surface area contributed by atoms with Crippen LogP contribution in [0, 0.1) is 0 Å². The van der Waals surface area contributed by atoms with Crippen LogP contribution in [0.15, 0.2) is 47.6 Å². The molecule has 1 N–H and O–H groups in total. The number of anilines is 1. The first kappa shape index (κ1) is 25.1. The molecule has 0 spiro atoms. The van der Waals surface area contributed by atoms with Crippen molar-refractivity contribution in [1.82, 2.24) is 9.91 Å². The van der Waals surface area contributed by atoms with Crippen molar-refractivity contribution in [2.24, 2.45) is 5.10 Å². The van der Waals surface area contributed by atoms with E-state index in [1.165, 1.54) is 36.0 Å². The van der Waals surface area contributed by atoms with E-state index >= 15 is 0 Å². The van der Waals surface area contributed by atoms with Crippen molar-refractivity contribution in [3.05, 3.63) is 53.6 Å². The first-order valence-corrected chi connectivity index (χ1v) is 12.9. The molecule has 2 aromatic rings. The maximum absolute atomic E-state index is 12.5. The molecule has 0 unspecified atom stereocenters. The van der Waals surface area contributed by atoms with Crippen molar-refractivity contribution in [2.75, 3.05) is 44.9 Å². The molecule has 0 radical (unpaired) electrons. The van der Waals surface area contributed by atoms with Crippen LogP contribution in [-0.4, -0.2) is 66.4 Å². The van der Waals surface area contributed by atoms with Gasteiger partial charge in [-0.15, -0.1) is 0 Å². The molecule has 0 saturated carbocycles. The second-order valence-electron chi connectivity index (χ2n) is 8.63. The standard InChI is InChI=1S/C26H32N4O4S/c1-33-23-11-8-20(16-24(23)34-2)22-18-35-26(32)30(28-22)17-19-6-9-21(10-7-19)27-25(31)12-15-29-13-4-3-5-14-29/h6-11,16H,3-5,12-15,17-18H2,1-2H3,(H,27,31). The Bertz CT molecular complexity index is 1070. The van der Waals surface area contributed by atoms with Crippen LogP contribution in [0.25, 0.3) is 0 Å². The number of benzene rings is 2. The lowest BCUT2D eigenvalue weighted by molar-refractivity contribution is -0.116. The fraction of sp³-hybridized carbons (Fsp3) is 0.423. The van der Waals surface area contributed by atoms with E-state index < -0.39 is 0 Å². The van der Waals surface area contributed by atoms with Crippen molar-refractivity contribution in [3.63, 3.8) is 0 Å². The molecule has 2 aliphatic rings. The second-order valence-corrected chi connectivity index (χ2v) is 9.55. The van der Waals surface area contributed by atoms with Gasteiger partial charge in [0, 0.05) is 30.0 Å². The Morgan fingerprint density at radius 1 is 1.03 bits per heavy atom. The van der Waals surface area contributed by atoms with Gasteiger partial charge < -0.3 is 19.7 Å². The number of nitrogens with one attached hydrogen (secondary N) is 1. The second kappa shape index (κ2) is 12.1. The molecule has 9 heteroatoms. The zero-order valence-corrected chi connectivity index (χ0v) is 21.1. The highest BCUT2D eigenvalue weighted by atomic mass is 32.2. The van der Waals surface area contributed by atoms with Crippen molar-refractivity contribution in [2.45, 2.75) is 32.2 Å². The van der Waals surface area contributed by atoms with Crippen LogP contribution >= 0.6 is 11.8 Å². The first-order valence-electron chi connectivity index (χ1n) is 11.9. The topological polar surface area (TPSA) is 83.5 Å². The van der Waals surface area contributed by atoms with E-state index in [0.717, 1.165) is 42.2 Å². The Kier molecular flexibility index (Phi) is 8.65. The van der Waals surface area contributed by atoms with Crippen molar-refractivity contribution in [1.29, 1.82) is 0 Å². The van der Waals surface area contributed by atoms with Crippen LogP contribution in [-0.2, 0) is 11.3 Å². The lowest BCUT2D eigenvalue weighted by Crippen LogP contribution is -2.32. The van der Waals surface area contributed by atoms with Crippen molar-refractivity contribution < 1.29 is 19.1 Å². The van der Waals surface area contributed by atoms with Gasteiger partial charge in [-0.1, -0.05) is 30.3 Å². The average molecular weight is 497 g/mol. The maximum Gasteiger partial charge on any atom is 0.302 e. The molecule has 2 aromatic carbocycles. The van der Waals surface area contributed by atoms with E-state index in [0.29, 0.717) is 30.2 Å². The fourth-order valence-corrected chi connectivity index (χ4v) is 4.95. The van der Waals surface area contributed by atoms with E-state index in [1.807, 2.05) is 42.5 Å². The van der Waals surface area contributed by atoms with Gasteiger partial charge in [-0.2, -0.15) is 5.10 Å². The number of hydrogen-bond acceptors (Lipinski definition) is 7. The zero-order valence-electron chi connectivity index (χ0n) is 20.3. The number of rotatable bonds is 9. The summed E-state index contributed by atoms with van der Waals surface area (Å²) < 4.78 is 10.7. The van der Waals surface area contributed by atoms with Crippen molar-refractivity contribution in [3.8, 4) is 11.5 Å². The van der Waals surface area contributed by atoms with Crippen LogP contribution in [0.1, 0.15) is 36.8 Å². The van der Waals surface area contributed by atoms with E-state index in [-0.39, 0.29) is 11.1 Å². The smallest absolute Gasteiger partial charge is 0.302 e. The molecule has 186 valence electrons. The number of ether oxygens (including phenoxy) is 2. The van der Waals surface area contributed by atoms with E-state index in [2.05, 4.69) is 15.3 Å². The van der Waals surface area contributed by atoms with Crippen molar-refractivity contribution >= 4 is 34.3 Å². The van der Waals surface area contributed by atoms with Gasteiger partial charge in [0.1, 0.15) is 0 Å². The number of amides is 2. The summed E-state index contributed by atoms with van der Waals surface area (Å²) in [5.74, 6) is 1.78. The Labute approximate surface area is 210 Å². The molecule has 35 heavy (non-hydrogen) atoms. The number of likely N-dealkylation sites (tertiary alicyclic amines) is 1. The molecule has 4 rings (SSSR count). The van der Waals surface area contributed by atoms with Gasteiger partial charge >= 0.3 is 5.24 Å². The molecule has 2 heterocycles. The molecule has 2 amide bonds. The van der Waals surface area contributed by atoms with E-state index in [4.69, 9.17) is 9.47 Å². The highest BCUT2D eigenvalue weighted by molar-refractivity contribution is 8.14. The zero-order chi connectivity index (χ0) is 24.6. The van der Waals surface area contributed by atoms with Gasteiger partial charge in [-0.05, 0) is 61.8 Å². The van der Waals surface area contributed by atoms with Crippen LogP contribution in [0.3, 0.4) is 0 Å². The molecular formula is C26H32N4O4S. The number of methoxy groups -OCH3 is 2. The SMILES string of the molecule is COc1ccc(C2=NN(Cc3ccc(NC(=O)CCN4CCCCC4)cc3)C(=O)SC2)cc1OC. The molecule has 8 nitrogen and oxygen atoms in total. The number of nitrogens with zero attached hydrogens (tertiary/aromatic N) is 3. The number of hydrazone groups is 1. The quantitative estimate of drug-likeness (QED) is 0.547. The summed E-state index contributed by atoms with van der Waals surface area (Å²) in [6.45, 7) is 3.34. The number of thioether (sulfide) groups is 1. The molecule has 1 saturated heterocycles. The Morgan fingerprint density at radius 3 is 2.49 bits per heavy atom. The van der Waals surface area contributed by atoms with Crippen LogP contribution in [0.5, 0.6) is 11.5 Å². The third-order valence-electron chi connectivity index (χ3n) is 6.18. The molecule has 0 atom stereocenters. The highest BCUT2D eigenvalue weighted by Crippen LogP contribution is 2.30. The van der Waals surface area contributed by atoms with Gasteiger partial charge in [-0.25, -0.2) is 5.01 Å². The monoisotopic (exact) mass is 496 g/mol. The van der Waals surface area contributed by atoms with Gasteiger partial charge in [0.05, 0.1) is 26.5 Å². The maximum atomic E-state index is 12.5. The predicted molar refractivity (Wildman–Crippen MR) is 139 cm³/mol. The lowest BCUT2D eigenvalue weighted by atomic mass is 10.1. The minimum absolute atomic E-state index is 0.0232. The summed E-state index contributed by atoms with van der Waals surface area (Å²) in [4.78, 5) is 27.2. The summed E-state index contributed by atoms with van der Waals surface area (Å²) in [6.07, 6.45) is 4.23. The molecule has 0 aliphatic carbocycles. The van der Waals surface area contributed by atoms with E-state index in [1.54, 1.807) is 14.2 Å². The van der Waals surface area contributed by atoms with Crippen LogP contribution in [0.4, 0.5) is 10.5 Å². The molecule has 2 aliphatic heterocycles. The Balaban J connectivity index is 1.35. The lowest BCUT2D eigenvalue weighted by Gasteiger charge is -2.26. The number of piperidine rings is 1. The summed E-state index contributed by atoms with van der Waals surface area (Å²) in [5, 5.41) is 8.96. The minimum atomic E-state index is -0.0932. The Hall–Kier alpha value is -3.04. The average Bonchev–Trinajstić information content (AvgIpc) is 2.90. The van der Waals surface area contributed by atoms with Gasteiger partial charge in [-0.3, -0.25) is 9.59 Å². The van der Waals surface area contributed by atoms with Crippen LogP contribution < -0.4 is 14.8 Å². The number of carbonyl (C=O) groups is 2. The van der Waals surface area contributed by atoms with Gasteiger partial charge in [0.15, 0.2) is 11.5 Å².